The zero-order valence-electron chi connectivity index (χ0n) is 8.98. The molecule has 0 aromatic heterocycles. The van der Waals surface area contributed by atoms with E-state index in [1.165, 1.54) is 0 Å². The molecule has 0 radical (unpaired) electrons. The molecule has 15 heavy (non-hydrogen) atoms. The van der Waals surface area contributed by atoms with E-state index >= 15 is 0 Å². The molecule has 0 aromatic rings. The second-order valence-electron chi connectivity index (χ2n) is 4.71. The molecule has 1 saturated heterocycles. The van der Waals surface area contributed by atoms with Crippen LogP contribution in [0.4, 0.5) is 0 Å². The highest BCUT2D eigenvalue weighted by Crippen LogP contribution is 2.40. The van der Waals surface area contributed by atoms with Crippen molar-refractivity contribution in [3.05, 3.63) is 0 Å². The Labute approximate surface area is 89.3 Å². The molecule has 0 spiro atoms. The minimum absolute atomic E-state index is 0.0225. The smallest absolute Gasteiger partial charge is 0.307 e. The number of likely N-dealkylation sites (tertiary alicyclic amines) is 1. The van der Waals surface area contributed by atoms with Crippen LogP contribution >= 0.6 is 0 Å². The van der Waals surface area contributed by atoms with E-state index in [9.17, 15) is 14.7 Å². The number of carbonyl (C=O) groups excluding carboxylic acids is 1. The molecule has 2 unspecified atom stereocenters. The highest BCUT2D eigenvalue weighted by molar-refractivity contribution is 5.86. The summed E-state index contributed by atoms with van der Waals surface area (Å²) in [6.45, 7) is 0.708. The molecule has 1 aliphatic carbocycles. The number of carboxylic acids is 1. The fourth-order valence-electron chi connectivity index (χ4n) is 2.68. The number of hydrogen-bond acceptors (Lipinski definition) is 2. The van der Waals surface area contributed by atoms with Gasteiger partial charge in [-0.15, -0.1) is 0 Å². The fourth-order valence-corrected chi connectivity index (χ4v) is 2.68. The molecule has 1 aliphatic heterocycles. The highest BCUT2D eigenvalue weighted by Gasteiger charge is 2.44. The number of rotatable bonds is 3. The average molecular weight is 211 g/mol. The minimum Gasteiger partial charge on any atom is -0.481 e. The second-order valence-corrected chi connectivity index (χ2v) is 4.71. The van der Waals surface area contributed by atoms with Gasteiger partial charge < -0.3 is 10.0 Å². The molecular formula is C11H17NO3. The van der Waals surface area contributed by atoms with Crippen LogP contribution in [0.5, 0.6) is 0 Å². The van der Waals surface area contributed by atoms with Gasteiger partial charge in [0, 0.05) is 13.6 Å². The highest BCUT2D eigenvalue weighted by atomic mass is 16.4. The maximum Gasteiger partial charge on any atom is 0.307 e. The number of carbonyl (C=O) groups is 2. The van der Waals surface area contributed by atoms with Crippen molar-refractivity contribution in [3.63, 3.8) is 0 Å². The van der Waals surface area contributed by atoms with Crippen molar-refractivity contribution in [2.75, 3.05) is 13.6 Å². The Morgan fingerprint density at radius 3 is 2.47 bits per heavy atom. The zero-order chi connectivity index (χ0) is 11.0. The Morgan fingerprint density at radius 1 is 1.47 bits per heavy atom. The van der Waals surface area contributed by atoms with Crippen LogP contribution in [-0.2, 0) is 9.59 Å². The van der Waals surface area contributed by atoms with Crippen molar-refractivity contribution in [1.82, 2.24) is 4.90 Å². The van der Waals surface area contributed by atoms with Gasteiger partial charge in [-0.05, 0) is 25.2 Å². The fraction of sp³-hybridized carbons (Fsp3) is 0.818. The van der Waals surface area contributed by atoms with Gasteiger partial charge in [-0.3, -0.25) is 9.59 Å². The standard InChI is InChI=1S/C11H17NO3/c1-12-6-5-8(10(12)13)9(11(14)15)7-3-2-4-7/h7-9H,2-6H2,1H3,(H,14,15). The third-order valence-electron chi connectivity index (χ3n) is 3.85. The normalized spacial score (nSPS) is 29.0. The molecule has 84 valence electrons. The summed E-state index contributed by atoms with van der Waals surface area (Å²) in [6, 6.07) is 0. The summed E-state index contributed by atoms with van der Waals surface area (Å²) in [5.74, 6) is -1.22. The molecule has 1 amide bonds. The van der Waals surface area contributed by atoms with Crippen molar-refractivity contribution in [2.45, 2.75) is 25.7 Å². The number of carboxylic acid groups (broad SMARTS) is 1. The Morgan fingerprint density at radius 2 is 2.13 bits per heavy atom. The third kappa shape index (κ3) is 1.73. The third-order valence-corrected chi connectivity index (χ3v) is 3.85. The summed E-state index contributed by atoms with van der Waals surface area (Å²) in [5, 5.41) is 9.20. The van der Waals surface area contributed by atoms with Gasteiger partial charge in [0.05, 0.1) is 11.8 Å². The van der Waals surface area contributed by atoms with E-state index in [4.69, 9.17) is 0 Å². The predicted octanol–water partition coefficient (Wildman–Crippen LogP) is 0.966. The first-order valence-electron chi connectivity index (χ1n) is 5.59. The molecule has 0 aromatic carbocycles. The average Bonchev–Trinajstić information content (AvgIpc) is 2.40. The van der Waals surface area contributed by atoms with Gasteiger partial charge in [-0.25, -0.2) is 0 Å². The summed E-state index contributed by atoms with van der Waals surface area (Å²) in [7, 11) is 1.75. The van der Waals surface area contributed by atoms with Gasteiger partial charge in [0.15, 0.2) is 0 Å². The number of nitrogens with zero attached hydrogens (tertiary/aromatic N) is 1. The zero-order valence-corrected chi connectivity index (χ0v) is 8.98. The van der Waals surface area contributed by atoms with E-state index < -0.39 is 11.9 Å². The van der Waals surface area contributed by atoms with Gasteiger partial charge in [0.2, 0.25) is 5.91 Å². The van der Waals surface area contributed by atoms with Crippen LogP contribution in [0.15, 0.2) is 0 Å². The van der Waals surface area contributed by atoms with Gasteiger partial charge in [-0.2, -0.15) is 0 Å². The molecule has 4 heteroatoms. The van der Waals surface area contributed by atoms with E-state index in [-0.39, 0.29) is 17.7 Å². The molecule has 4 nitrogen and oxygen atoms in total. The van der Waals surface area contributed by atoms with Gasteiger partial charge in [-0.1, -0.05) is 6.42 Å². The summed E-state index contributed by atoms with van der Waals surface area (Å²) in [4.78, 5) is 24.6. The van der Waals surface area contributed by atoms with Crippen molar-refractivity contribution in [1.29, 1.82) is 0 Å². The lowest BCUT2D eigenvalue weighted by Crippen LogP contribution is -2.38. The lowest BCUT2D eigenvalue weighted by atomic mass is 9.70. The molecule has 0 bridgehead atoms. The summed E-state index contributed by atoms with van der Waals surface area (Å²) >= 11 is 0. The topological polar surface area (TPSA) is 57.6 Å². The molecule has 1 heterocycles. The second kappa shape index (κ2) is 3.83. The summed E-state index contributed by atoms with van der Waals surface area (Å²) in [6.07, 6.45) is 3.78. The summed E-state index contributed by atoms with van der Waals surface area (Å²) < 4.78 is 0. The SMILES string of the molecule is CN1CCC(C(C(=O)O)C2CCC2)C1=O. The van der Waals surface area contributed by atoms with Gasteiger partial charge >= 0.3 is 5.97 Å². The number of amides is 1. The van der Waals surface area contributed by atoms with E-state index in [2.05, 4.69) is 0 Å². The van der Waals surface area contributed by atoms with Gasteiger partial charge in [0.25, 0.3) is 0 Å². The van der Waals surface area contributed by atoms with Crippen molar-refractivity contribution in [3.8, 4) is 0 Å². The lowest BCUT2D eigenvalue weighted by Gasteiger charge is -2.33. The van der Waals surface area contributed by atoms with Crippen molar-refractivity contribution < 1.29 is 14.7 Å². The number of aliphatic carboxylic acids is 1. The van der Waals surface area contributed by atoms with Crippen molar-refractivity contribution in [2.24, 2.45) is 17.8 Å². The first kappa shape index (κ1) is 10.5. The minimum atomic E-state index is -0.784. The molecular weight excluding hydrogens is 194 g/mol. The maximum atomic E-state index is 11.8. The molecule has 1 N–H and O–H groups in total. The Balaban J connectivity index is 2.11. The van der Waals surface area contributed by atoms with E-state index in [1.54, 1.807) is 11.9 Å². The first-order chi connectivity index (χ1) is 7.11. The Hall–Kier alpha value is -1.06. The maximum absolute atomic E-state index is 11.8. The van der Waals surface area contributed by atoms with Crippen LogP contribution in [0.3, 0.4) is 0 Å². The Bertz CT molecular complexity index is 286. The molecule has 2 fully saturated rings. The van der Waals surface area contributed by atoms with Crippen LogP contribution in [0.2, 0.25) is 0 Å². The van der Waals surface area contributed by atoms with E-state index in [0.717, 1.165) is 19.3 Å². The molecule has 2 rings (SSSR count). The predicted molar refractivity (Wildman–Crippen MR) is 54.2 cm³/mol. The number of hydrogen-bond donors (Lipinski definition) is 1. The molecule has 2 atom stereocenters. The largest absolute Gasteiger partial charge is 0.481 e. The monoisotopic (exact) mass is 211 g/mol. The van der Waals surface area contributed by atoms with Crippen LogP contribution < -0.4 is 0 Å². The van der Waals surface area contributed by atoms with Gasteiger partial charge in [0.1, 0.15) is 0 Å². The quantitative estimate of drug-likeness (QED) is 0.756. The van der Waals surface area contributed by atoms with E-state index in [1.807, 2.05) is 0 Å². The lowest BCUT2D eigenvalue weighted by molar-refractivity contribution is -0.151. The van der Waals surface area contributed by atoms with Crippen LogP contribution in [0.25, 0.3) is 0 Å². The van der Waals surface area contributed by atoms with Crippen molar-refractivity contribution >= 4 is 11.9 Å². The Kier molecular flexibility index (Phi) is 2.67. The van der Waals surface area contributed by atoms with Crippen LogP contribution in [0.1, 0.15) is 25.7 Å². The first-order valence-corrected chi connectivity index (χ1v) is 5.59. The molecule has 1 saturated carbocycles. The molecule has 2 aliphatic rings. The summed E-state index contributed by atoms with van der Waals surface area (Å²) in [5.41, 5.74) is 0. The van der Waals surface area contributed by atoms with E-state index in [0.29, 0.717) is 13.0 Å². The van der Waals surface area contributed by atoms with Crippen LogP contribution in [0, 0.1) is 17.8 Å². The van der Waals surface area contributed by atoms with Crippen LogP contribution in [-0.4, -0.2) is 35.5 Å².